The first-order chi connectivity index (χ1) is 9.25. The summed E-state index contributed by atoms with van der Waals surface area (Å²) in [6, 6.07) is 0.211. The summed E-state index contributed by atoms with van der Waals surface area (Å²) in [7, 11) is 0. The average molecular weight is 279 g/mol. The third kappa shape index (κ3) is 1.80. The smallest absolute Gasteiger partial charge is 0.308 e. The Morgan fingerprint density at radius 2 is 2.00 bits per heavy atom. The highest BCUT2D eigenvalue weighted by atomic mass is 16.4. The monoisotopic (exact) mass is 279 g/mol. The molecule has 112 valence electrons. The first kappa shape index (κ1) is 13.9. The summed E-state index contributed by atoms with van der Waals surface area (Å²) in [4.78, 5) is 25.6. The van der Waals surface area contributed by atoms with Gasteiger partial charge in [0.25, 0.3) is 0 Å². The average Bonchev–Trinajstić information content (AvgIpc) is 2.82. The van der Waals surface area contributed by atoms with E-state index in [1.165, 1.54) is 19.3 Å². The van der Waals surface area contributed by atoms with Gasteiger partial charge in [0.1, 0.15) is 0 Å². The van der Waals surface area contributed by atoms with Crippen molar-refractivity contribution >= 4 is 11.9 Å². The molecule has 0 spiro atoms. The molecule has 4 nitrogen and oxygen atoms in total. The number of carbonyl (C=O) groups excluding carboxylic acids is 1. The molecule has 20 heavy (non-hydrogen) atoms. The zero-order valence-electron chi connectivity index (χ0n) is 12.7. The van der Waals surface area contributed by atoms with Gasteiger partial charge in [-0.2, -0.15) is 0 Å². The molecule has 2 aliphatic carbocycles. The molecule has 3 rings (SSSR count). The maximum absolute atomic E-state index is 12.4. The number of carbonyl (C=O) groups is 2. The molecular weight excluding hydrogens is 254 g/mol. The Kier molecular flexibility index (Phi) is 2.93. The van der Waals surface area contributed by atoms with Crippen LogP contribution in [0.3, 0.4) is 0 Å². The molecule has 1 heterocycles. The van der Waals surface area contributed by atoms with Gasteiger partial charge < -0.3 is 10.0 Å². The second kappa shape index (κ2) is 4.22. The van der Waals surface area contributed by atoms with Crippen molar-refractivity contribution in [1.29, 1.82) is 0 Å². The van der Waals surface area contributed by atoms with Crippen molar-refractivity contribution in [3.8, 4) is 0 Å². The fourth-order valence-corrected chi connectivity index (χ4v) is 5.38. The lowest BCUT2D eigenvalue weighted by molar-refractivity contribution is -0.153. The summed E-state index contributed by atoms with van der Waals surface area (Å²) in [5, 5.41) is 9.27. The Labute approximate surface area is 120 Å². The molecule has 0 aromatic heterocycles. The number of carboxylic acid groups (broad SMARTS) is 1. The zero-order valence-corrected chi connectivity index (χ0v) is 12.7. The van der Waals surface area contributed by atoms with E-state index in [1.54, 1.807) is 0 Å². The van der Waals surface area contributed by atoms with Gasteiger partial charge in [0, 0.05) is 19.0 Å². The number of amides is 1. The molecule has 4 atom stereocenters. The number of fused-ring (bicyclic) bond motifs is 2. The van der Waals surface area contributed by atoms with Crippen LogP contribution in [0.1, 0.15) is 52.9 Å². The molecule has 1 N–H and O–H groups in total. The van der Waals surface area contributed by atoms with Gasteiger partial charge in [0.05, 0.1) is 5.92 Å². The van der Waals surface area contributed by atoms with Crippen LogP contribution in [0.25, 0.3) is 0 Å². The second-order valence-electron chi connectivity index (χ2n) is 7.94. The van der Waals surface area contributed by atoms with Crippen LogP contribution in [-0.4, -0.2) is 34.5 Å². The Morgan fingerprint density at radius 3 is 2.55 bits per heavy atom. The maximum atomic E-state index is 12.4. The van der Waals surface area contributed by atoms with E-state index in [0.29, 0.717) is 25.3 Å². The van der Waals surface area contributed by atoms with Crippen molar-refractivity contribution in [1.82, 2.24) is 4.90 Å². The van der Waals surface area contributed by atoms with Crippen LogP contribution in [0.2, 0.25) is 0 Å². The summed E-state index contributed by atoms with van der Waals surface area (Å²) in [6.07, 6.45) is 4.51. The number of hydrogen-bond acceptors (Lipinski definition) is 2. The highest BCUT2D eigenvalue weighted by Crippen LogP contribution is 2.64. The Balaban J connectivity index is 1.90. The molecule has 4 unspecified atom stereocenters. The number of nitrogens with zero attached hydrogens (tertiary/aromatic N) is 1. The van der Waals surface area contributed by atoms with Gasteiger partial charge in [0.2, 0.25) is 5.91 Å². The lowest BCUT2D eigenvalue weighted by atomic mass is 9.67. The van der Waals surface area contributed by atoms with Crippen molar-refractivity contribution in [2.75, 3.05) is 6.54 Å². The van der Waals surface area contributed by atoms with E-state index >= 15 is 0 Å². The van der Waals surface area contributed by atoms with Crippen LogP contribution in [0.4, 0.5) is 0 Å². The largest absolute Gasteiger partial charge is 0.481 e. The molecule has 0 aromatic rings. The molecule has 2 saturated carbocycles. The maximum Gasteiger partial charge on any atom is 0.308 e. The molecule has 1 aliphatic heterocycles. The number of likely N-dealkylation sites (tertiary alicyclic amines) is 1. The summed E-state index contributed by atoms with van der Waals surface area (Å²) in [5.41, 5.74) is 0.299. The van der Waals surface area contributed by atoms with Gasteiger partial charge in [-0.15, -0.1) is 0 Å². The predicted molar refractivity (Wildman–Crippen MR) is 75.1 cm³/mol. The molecule has 3 aliphatic rings. The molecule has 0 radical (unpaired) electrons. The van der Waals surface area contributed by atoms with Gasteiger partial charge in [-0.1, -0.05) is 20.8 Å². The van der Waals surface area contributed by atoms with Crippen LogP contribution in [0, 0.1) is 22.7 Å². The van der Waals surface area contributed by atoms with E-state index in [0.717, 1.165) is 0 Å². The van der Waals surface area contributed by atoms with Crippen LogP contribution in [0.5, 0.6) is 0 Å². The summed E-state index contributed by atoms with van der Waals surface area (Å²) >= 11 is 0. The molecule has 0 aromatic carbocycles. The molecule has 2 bridgehead atoms. The van der Waals surface area contributed by atoms with Crippen molar-refractivity contribution in [3.05, 3.63) is 0 Å². The third-order valence-corrected chi connectivity index (χ3v) is 6.30. The van der Waals surface area contributed by atoms with E-state index in [1.807, 2.05) is 4.90 Å². The molecular formula is C16H25NO3. The molecule has 4 heteroatoms. The number of piperidine rings is 1. The van der Waals surface area contributed by atoms with Crippen molar-refractivity contribution in [3.63, 3.8) is 0 Å². The minimum absolute atomic E-state index is 0.114. The van der Waals surface area contributed by atoms with Gasteiger partial charge >= 0.3 is 5.97 Å². The normalized spacial score (nSPS) is 43.0. The minimum atomic E-state index is -0.756. The van der Waals surface area contributed by atoms with E-state index in [9.17, 15) is 14.7 Å². The van der Waals surface area contributed by atoms with E-state index in [4.69, 9.17) is 0 Å². The number of hydrogen-bond donors (Lipinski definition) is 1. The number of rotatable bonds is 2. The van der Waals surface area contributed by atoms with Crippen molar-refractivity contribution < 1.29 is 14.7 Å². The third-order valence-electron chi connectivity index (χ3n) is 6.30. The Bertz CT molecular complexity index is 454. The van der Waals surface area contributed by atoms with Crippen molar-refractivity contribution in [2.24, 2.45) is 22.7 Å². The summed E-state index contributed by atoms with van der Waals surface area (Å²) in [5.74, 6) is -0.301. The summed E-state index contributed by atoms with van der Waals surface area (Å²) in [6.45, 7) is 7.24. The number of aliphatic carboxylic acids is 1. The standard InChI is InChI=1S/C16H25NO3/c1-15(2)11-6-7-16(3,8-11)14(15)17-9-10(13(19)20)4-5-12(17)18/h10-11,14H,4-9H2,1-3H3,(H,19,20). The van der Waals surface area contributed by atoms with Crippen molar-refractivity contribution in [2.45, 2.75) is 58.9 Å². The predicted octanol–water partition coefficient (Wildman–Crippen LogP) is 2.52. The van der Waals surface area contributed by atoms with Crippen LogP contribution < -0.4 is 0 Å². The van der Waals surface area contributed by atoms with Crippen LogP contribution in [-0.2, 0) is 9.59 Å². The van der Waals surface area contributed by atoms with E-state index in [2.05, 4.69) is 20.8 Å². The van der Waals surface area contributed by atoms with Crippen LogP contribution >= 0.6 is 0 Å². The minimum Gasteiger partial charge on any atom is -0.481 e. The van der Waals surface area contributed by atoms with E-state index < -0.39 is 5.97 Å². The van der Waals surface area contributed by atoms with Gasteiger partial charge in [-0.05, 0) is 42.4 Å². The first-order valence-electron chi connectivity index (χ1n) is 7.78. The zero-order chi connectivity index (χ0) is 14.7. The fraction of sp³-hybridized carbons (Fsp3) is 0.875. The van der Waals surface area contributed by atoms with E-state index in [-0.39, 0.29) is 28.7 Å². The second-order valence-corrected chi connectivity index (χ2v) is 7.94. The SMILES string of the molecule is CC12CCC(C1)C(C)(C)C2N1CC(C(=O)O)CCC1=O. The van der Waals surface area contributed by atoms with Crippen LogP contribution in [0.15, 0.2) is 0 Å². The quantitative estimate of drug-likeness (QED) is 0.845. The lowest BCUT2D eigenvalue weighted by Gasteiger charge is -2.50. The summed E-state index contributed by atoms with van der Waals surface area (Å²) < 4.78 is 0. The molecule has 3 fully saturated rings. The molecule has 1 saturated heterocycles. The van der Waals surface area contributed by atoms with Gasteiger partial charge in [0.15, 0.2) is 0 Å². The van der Waals surface area contributed by atoms with Gasteiger partial charge in [-0.3, -0.25) is 9.59 Å². The van der Waals surface area contributed by atoms with Gasteiger partial charge in [-0.25, -0.2) is 0 Å². The lowest BCUT2D eigenvalue weighted by Crippen LogP contribution is -2.58. The highest BCUT2D eigenvalue weighted by molar-refractivity contribution is 5.81. The topological polar surface area (TPSA) is 57.6 Å². The first-order valence-corrected chi connectivity index (χ1v) is 7.78. The number of carboxylic acids is 1. The Morgan fingerprint density at radius 1 is 1.30 bits per heavy atom. The molecule has 1 amide bonds. The fourth-order valence-electron chi connectivity index (χ4n) is 5.38. The Hall–Kier alpha value is -1.06. The highest BCUT2D eigenvalue weighted by Gasteiger charge is 2.62.